The molecule has 0 saturated carbocycles. The molecule has 0 amide bonds. The number of H-pyrrole nitrogens is 1. The number of nitrogens with zero attached hydrogens (tertiary/aromatic N) is 2. The average Bonchev–Trinajstić information content (AvgIpc) is 2.14. The Morgan fingerprint density at radius 2 is 2.20 bits per heavy atom. The minimum atomic E-state index is -0.211. The highest BCUT2D eigenvalue weighted by atomic mass is 16.1. The molecule has 5 nitrogen and oxygen atoms in total. The molecule has 15 heavy (non-hydrogen) atoms. The third-order valence-electron chi connectivity index (χ3n) is 3.11. The van der Waals surface area contributed by atoms with Crippen molar-refractivity contribution in [3.63, 3.8) is 0 Å². The summed E-state index contributed by atoms with van der Waals surface area (Å²) in [7, 11) is 0. The molecule has 2 aliphatic heterocycles. The van der Waals surface area contributed by atoms with Gasteiger partial charge in [0.25, 0.3) is 0 Å². The fourth-order valence-electron chi connectivity index (χ4n) is 2.15. The Morgan fingerprint density at radius 1 is 1.33 bits per heavy atom. The first kappa shape index (κ1) is 8.91. The van der Waals surface area contributed by atoms with Crippen LogP contribution in [-0.4, -0.2) is 29.6 Å². The maximum Gasteiger partial charge on any atom is 0.347 e. The molecule has 1 aromatic heterocycles. The van der Waals surface area contributed by atoms with Crippen LogP contribution in [0.25, 0.3) is 0 Å². The summed E-state index contributed by atoms with van der Waals surface area (Å²) < 4.78 is 0. The number of anilines is 1. The van der Waals surface area contributed by atoms with Crippen molar-refractivity contribution >= 4 is 5.82 Å². The molecule has 0 unspecified atom stereocenters. The van der Waals surface area contributed by atoms with Crippen LogP contribution in [-0.2, 0) is 13.0 Å². The number of fused-ring (bicyclic) bond motifs is 1. The molecule has 0 spiro atoms. The fourth-order valence-corrected chi connectivity index (χ4v) is 2.15. The standard InChI is InChI=1S/C10H14N4O/c15-10-12-8-2-3-11-6-7(8)9(13-10)14-4-1-5-14/h11H,1-6H2,(H,12,13,15). The Labute approximate surface area is 87.5 Å². The molecule has 2 aliphatic rings. The SMILES string of the molecule is O=c1nc(N2CCC2)c2c([nH]1)CCNC2. The van der Waals surface area contributed by atoms with E-state index in [9.17, 15) is 4.79 Å². The summed E-state index contributed by atoms with van der Waals surface area (Å²) in [5.41, 5.74) is 2.04. The Kier molecular flexibility index (Phi) is 1.98. The topological polar surface area (TPSA) is 61.0 Å². The first-order valence-electron chi connectivity index (χ1n) is 5.42. The van der Waals surface area contributed by atoms with Gasteiger partial charge in [-0.25, -0.2) is 4.79 Å². The van der Waals surface area contributed by atoms with Crippen LogP contribution in [0.1, 0.15) is 17.7 Å². The summed E-state index contributed by atoms with van der Waals surface area (Å²) in [6, 6.07) is 0. The van der Waals surface area contributed by atoms with Crippen LogP contribution in [0.15, 0.2) is 4.79 Å². The van der Waals surface area contributed by atoms with E-state index in [-0.39, 0.29) is 5.69 Å². The van der Waals surface area contributed by atoms with E-state index in [1.807, 2.05) is 0 Å². The van der Waals surface area contributed by atoms with Gasteiger partial charge in [-0.15, -0.1) is 0 Å². The maximum absolute atomic E-state index is 11.4. The molecular formula is C10H14N4O. The van der Waals surface area contributed by atoms with Gasteiger partial charge in [-0.05, 0) is 6.42 Å². The van der Waals surface area contributed by atoms with E-state index >= 15 is 0 Å². The molecule has 0 aliphatic carbocycles. The summed E-state index contributed by atoms with van der Waals surface area (Å²) >= 11 is 0. The van der Waals surface area contributed by atoms with Gasteiger partial charge in [-0.2, -0.15) is 4.98 Å². The number of hydrogen-bond acceptors (Lipinski definition) is 4. The molecule has 0 radical (unpaired) electrons. The highest BCUT2D eigenvalue weighted by molar-refractivity contribution is 5.50. The molecule has 80 valence electrons. The van der Waals surface area contributed by atoms with Crippen LogP contribution in [0.4, 0.5) is 5.82 Å². The van der Waals surface area contributed by atoms with E-state index in [4.69, 9.17) is 0 Å². The number of hydrogen-bond donors (Lipinski definition) is 2. The summed E-state index contributed by atoms with van der Waals surface area (Å²) in [5.74, 6) is 0.896. The fraction of sp³-hybridized carbons (Fsp3) is 0.600. The molecule has 5 heteroatoms. The van der Waals surface area contributed by atoms with Crippen molar-refractivity contribution in [3.8, 4) is 0 Å². The van der Waals surface area contributed by atoms with Gasteiger partial charge in [0, 0.05) is 43.9 Å². The molecule has 2 N–H and O–H groups in total. The number of rotatable bonds is 1. The average molecular weight is 206 g/mol. The Morgan fingerprint density at radius 3 is 2.93 bits per heavy atom. The quantitative estimate of drug-likeness (QED) is 0.658. The highest BCUT2D eigenvalue weighted by Gasteiger charge is 2.23. The predicted molar refractivity (Wildman–Crippen MR) is 57.1 cm³/mol. The summed E-state index contributed by atoms with van der Waals surface area (Å²) in [6.45, 7) is 3.82. The largest absolute Gasteiger partial charge is 0.356 e. The smallest absolute Gasteiger partial charge is 0.347 e. The molecule has 1 saturated heterocycles. The van der Waals surface area contributed by atoms with Crippen molar-refractivity contribution in [2.45, 2.75) is 19.4 Å². The van der Waals surface area contributed by atoms with Crippen LogP contribution in [0.2, 0.25) is 0 Å². The van der Waals surface area contributed by atoms with Crippen LogP contribution >= 0.6 is 0 Å². The zero-order valence-electron chi connectivity index (χ0n) is 8.55. The predicted octanol–water partition coefficient (Wildman–Crippen LogP) is -0.374. The van der Waals surface area contributed by atoms with Gasteiger partial charge in [0.1, 0.15) is 5.82 Å². The monoisotopic (exact) mass is 206 g/mol. The van der Waals surface area contributed by atoms with E-state index in [2.05, 4.69) is 20.2 Å². The maximum atomic E-state index is 11.4. The van der Waals surface area contributed by atoms with E-state index in [1.54, 1.807) is 0 Å². The molecule has 1 fully saturated rings. The van der Waals surface area contributed by atoms with Crippen molar-refractivity contribution < 1.29 is 0 Å². The zero-order valence-corrected chi connectivity index (χ0v) is 8.55. The molecule has 0 atom stereocenters. The third kappa shape index (κ3) is 1.43. The lowest BCUT2D eigenvalue weighted by Crippen LogP contribution is -2.41. The second-order valence-electron chi connectivity index (χ2n) is 4.09. The van der Waals surface area contributed by atoms with E-state index in [0.29, 0.717) is 0 Å². The first-order valence-corrected chi connectivity index (χ1v) is 5.42. The minimum Gasteiger partial charge on any atom is -0.356 e. The van der Waals surface area contributed by atoms with Crippen molar-refractivity contribution in [2.75, 3.05) is 24.5 Å². The molecule has 1 aromatic rings. The number of aromatic nitrogens is 2. The Balaban J connectivity index is 2.10. The van der Waals surface area contributed by atoms with Crippen LogP contribution in [0.5, 0.6) is 0 Å². The lowest BCUT2D eigenvalue weighted by atomic mass is 10.1. The van der Waals surface area contributed by atoms with Gasteiger partial charge in [0.15, 0.2) is 0 Å². The van der Waals surface area contributed by atoms with Gasteiger partial charge in [0.2, 0.25) is 0 Å². The first-order chi connectivity index (χ1) is 7.34. The van der Waals surface area contributed by atoms with Gasteiger partial charge >= 0.3 is 5.69 Å². The van der Waals surface area contributed by atoms with E-state index < -0.39 is 0 Å². The van der Waals surface area contributed by atoms with Gasteiger partial charge in [0.05, 0.1) is 0 Å². The molecule has 0 bridgehead atoms. The van der Waals surface area contributed by atoms with Crippen molar-refractivity contribution in [1.82, 2.24) is 15.3 Å². The van der Waals surface area contributed by atoms with E-state index in [1.165, 1.54) is 12.0 Å². The van der Waals surface area contributed by atoms with Crippen LogP contribution < -0.4 is 15.9 Å². The highest BCUT2D eigenvalue weighted by Crippen LogP contribution is 2.24. The summed E-state index contributed by atoms with van der Waals surface area (Å²) in [5, 5.41) is 3.32. The summed E-state index contributed by atoms with van der Waals surface area (Å²) in [4.78, 5) is 20.5. The second kappa shape index (κ2) is 3.34. The van der Waals surface area contributed by atoms with Crippen LogP contribution in [0, 0.1) is 0 Å². The zero-order chi connectivity index (χ0) is 10.3. The Hall–Kier alpha value is -1.36. The molecule has 3 rings (SSSR count). The lowest BCUT2D eigenvalue weighted by Gasteiger charge is -2.34. The number of aromatic amines is 1. The van der Waals surface area contributed by atoms with Crippen LogP contribution in [0.3, 0.4) is 0 Å². The minimum absolute atomic E-state index is 0.211. The lowest BCUT2D eigenvalue weighted by molar-refractivity contribution is 0.579. The van der Waals surface area contributed by atoms with Gasteiger partial charge < -0.3 is 15.2 Å². The van der Waals surface area contributed by atoms with Gasteiger partial charge in [-0.3, -0.25) is 0 Å². The van der Waals surface area contributed by atoms with Crippen molar-refractivity contribution in [1.29, 1.82) is 0 Å². The third-order valence-corrected chi connectivity index (χ3v) is 3.11. The van der Waals surface area contributed by atoms with Gasteiger partial charge in [-0.1, -0.05) is 0 Å². The number of nitrogens with one attached hydrogen (secondary N) is 2. The Bertz CT molecular complexity index is 436. The molecular weight excluding hydrogens is 192 g/mol. The normalized spacial score (nSPS) is 19.6. The molecule has 0 aromatic carbocycles. The van der Waals surface area contributed by atoms with E-state index in [0.717, 1.165) is 44.1 Å². The van der Waals surface area contributed by atoms with Crippen molar-refractivity contribution in [3.05, 3.63) is 21.7 Å². The second-order valence-corrected chi connectivity index (χ2v) is 4.09. The molecule has 3 heterocycles. The summed E-state index contributed by atoms with van der Waals surface area (Å²) in [6.07, 6.45) is 2.10. The van der Waals surface area contributed by atoms with Crippen molar-refractivity contribution in [2.24, 2.45) is 0 Å².